The molecule has 4 rings (SSSR count). The van der Waals surface area contributed by atoms with E-state index < -0.39 is 10.0 Å². The molecule has 1 aliphatic rings. The van der Waals surface area contributed by atoms with E-state index in [4.69, 9.17) is 5.26 Å². The van der Waals surface area contributed by atoms with Crippen LogP contribution in [0, 0.1) is 11.3 Å². The molecule has 162 valence electrons. The lowest BCUT2D eigenvalue weighted by molar-refractivity contribution is 0.0697. The van der Waals surface area contributed by atoms with Crippen LogP contribution in [0.5, 0.6) is 0 Å². The summed E-state index contributed by atoms with van der Waals surface area (Å²) in [4.78, 5) is 15.1. The zero-order valence-corrected chi connectivity index (χ0v) is 18.3. The van der Waals surface area contributed by atoms with Crippen molar-refractivity contribution < 1.29 is 13.2 Å². The number of benzene rings is 3. The van der Waals surface area contributed by atoms with Gasteiger partial charge in [-0.05, 0) is 47.9 Å². The van der Waals surface area contributed by atoms with Gasteiger partial charge in [-0.3, -0.25) is 4.79 Å². The fourth-order valence-corrected chi connectivity index (χ4v) is 5.27. The summed E-state index contributed by atoms with van der Waals surface area (Å²) in [5, 5.41) is 8.91. The van der Waals surface area contributed by atoms with Gasteiger partial charge in [0.15, 0.2) is 0 Å². The molecule has 0 aromatic heterocycles. The van der Waals surface area contributed by atoms with E-state index in [1.165, 1.54) is 28.6 Å². The molecule has 0 aliphatic carbocycles. The number of carbonyl (C=O) groups excluding carboxylic acids is 1. The molecule has 6 nitrogen and oxygen atoms in total. The first-order chi connectivity index (χ1) is 15.5. The number of sulfonamides is 1. The summed E-state index contributed by atoms with van der Waals surface area (Å²) < 4.78 is 27.3. The summed E-state index contributed by atoms with van der Waals surface area (Å²) in [5.41, 5.74) is 3.15. The van der Waals surface area contributed by atoms with Crippen molar-refractivity contribution >= 4 is 15.9 Å². The minimum Gasteiger partial charge on any atom is -0.336 e. The summed E-state index contributed by atoms with van der Waals surface area (Å²) >= 11 is 0. The molecule has 1 amide bonds. The molecular weight excluding hydrogens is 422 g/mol. The molecule has 3 aromatic carbocycles. The maximum absolute atomic E-state index is 13.2. The minimum atomic E-state index is -3.66. The largest absolute Gasteiger partial charge is 0.336 e. The Labute approximate surface area is 188 Å². The molecule has 1 fully saturated rings. The SMILES string of the molecule is N#Cc1ccc(S(=O)(=O)N2CCN(C(=O)c3ccccc3Cc3ccccc3)CC2)cc1. The van der Waals surface area contributed by atoms with Gasteiger partial charge in [-0.1, -0.05) is 48.5 Å². The van der Waals surface area contributed by atoms with Gasteiger partial charge >= 0.3 is 0 Å². The summed E-state index contributed by atoms with van der Waals surface area (Å²) in [6, 6.07) is 25.5. The van der Waals surface area contributed by atoms with Crippen LogP contribution in [0.25, 0.3) is 0 Å². The number of hydrogen-bond donors (Lipinski definition) is 0. The van der Waals surface area contributed by atoms with E-state index in [1.807, 2.05) is 60.7 Å². The Hall–Kier alpha value is -3.47. The lowest BCUT2D eigenvalue weighted by atomic mass is 9.99. The number of piperazine rings is 1. The monoisotopic (exact) mass is 445 g/mol. The first kappa shape index (κ1) is 21.8. The molecule has 0 spiro atoms. The van der Waals surface area contributed by atoms with E-state index in [0.717, 1.165) is 11.1 Å². The van der Waals surface area contributed by atoms with Crippen LogP contribution in [-0.4, -0.2) is 49.7 Å². The molecule has 3 aromatic rings. The van der Waals surface area contributed by atoms with Gasteiger partial charge in [0.25, 0.3) is 5.91 Å². The predicted molar refractivity (Wildman–Crippen MR) is 122 cm³/mol. The molecule has 7 heteroatoms. The van der Waals surface area contributed by atoms with Gasteiger partial charge < -0.3 is 4.90 Å². The van der Waals surface area contributed by atoms with Gasteiger partial charge in [-0.25, -0.2) is 8.42 Å². The summed E-state index contributed by atoms with van der Waals surface area (Å²) in [5.74, 6) is -0.0769. The maximum Gasteiger partial charge on any atom is 0.254 e. The molecular formula is C25H23N3O3S. The van der Waals surface area contributed by atoms with Crippen molar-refractivity contribution in [3.8, 4) is 6.07 Å². The first-order valence-electron chi connectivity index (χ1n) is 10.4. The van der Waals surface area contributed by atoms with Gasteiger partial charge in [0.2, 0.25) is 10.0 Å². The Bertz CT molecular complexity index is 1240. The van der Waals surface area contributed by atoms with Crippen LogP contribution in [-0.2, 0) is 16.4 Å². The van der Waals surface area contributed by atoms with Crippen molar-refractivity contribution in [3.05, 3.63) is 101 Å². The zero-order chi connectivity index (χ0) is 22.6. The number of carbonyl (C=O) groups is 1. The second-order valence-corrected chi connectivity index (χ2v) is 9.59. The normalized spacial score (nSPS) is 14.7. The summed E-state index contributed by atoms with van der Waals surface area (Å²) in [6.07, 6.45) is 0.662. The van der Waals surface area contributed by atoms with Crippen LogP contribution in [0.15, 0.2) is 83.8 Å². The molecule has 0 unspecified atom stereocenters. The highest BCUT2D eigenvalue weighted by molar-refractivity contribution is 7.89. The Morgan fingerprint density at radius 2 is 1.47 bits per heavy atom. The van der Waals surface area contributed by atoms with Crippen LogP contribution < -0.4 is 0 Å². The van der Waals surface area contributed by atoms with E-state index >= 15 is 0 Å². The summed E-state index contributed by atoms with van der Waals surface area (Å²) in [7, 11) is -3.66. The van der Waals surface area contributed by atoms with Gasteiger partial charge in [0, 0.05) is 31.7 Å². The number of nitriles is 1. The molecule has 1 aliphatic heterocycles. The van der Waals surface area contributed by atoms with E-state index in [9.17, 15) is 13.2 Å². The molecule has 1 saturated heterocycles. The molecule has 32 heavy (non-hydrogen) atoms. The van der Waals surface area contributed by atoms with Crippen LogP contribution in [0.1, 0.15) is 27.0 Å². The molecule has 0 atom stereocenters. The second kappa shape index (κ2) is 9.35. The van der Waals surface area contributed by atoms with Crippen LogP contribution in [0.3, 0.4) is 0 Å². The molecule has 0 radical (unpaired) electrons. The molecule has 1 heterocycles. The fraction of sp³-hybridized carbons (Fsp3) is 0.200. The standard InChI is InChI=1S/C25H23N3O3S/c26-19-21-10-12-23(13-11-21)32(30,31)28-16-14-27(15-17-28)25(29)24-9-5-4-8-22(24)18-20-6-2-1-3-7-20/h1-13H,14-18H2. The quantitative estimate of drug-likeness (QED) is 0.603. The number of hydrogen-bond acceptors (Lipinski definition) is 4. The molecule has 0 bridgehead atoms. The Balaban J connectivity index is 1.46. The van der Waals surface area contributed by atoms with Crippen LogP contribution >= 0.6 is 0 Å². The van der Waals surface area contributed by atoms with E-state index in [-0.39, 0.29) is 23.9 Å². The van der Waals surface area contributed by atoms with E-state index in [0.29, 0.717) is 30.6 Å². The Morgan fingerprint density at radius 3 is 2.12 bits per heavy atom. The maximum atomic E-state index is 13.2. The number of nitrogens with zero attached hydrogens (tertiary/aromatic N) is 3. The fourth-order valence-electron chi connectivity index (χ4n) is 3.85. The molecule has 0 N–H and O–H groups in total. The Morgan fingerprint density at radius 1 is 0.844 bits per heavy atom. The second-order valence-electron chi connectivity index (χ2n) is 7.65. The number of rotatable bonds is 5. The lowest BCUT2D eigenvalue weighted by Gasteiger charge is -2.34. The highest BCUT2D eigenvalue weighted by atomic mass is 32.2. The highest BCUT2D eigenvalue weighted by Crippen LogP contribution is 2.21. The van der Waals surface area contributed by atoms with E-state index in [2.05, 4.69) is 0 Å². The predicted octanol–water partition coefficient (Wildman–Crippen LogP) is 3.30. The van der Waals surface area contributed by atoms with Gasteiger partial charge in [-0.15, -0.1) is 0 Å². The average Bonchev–Trinajstić information content (AvgIpc) is 2.85. The smallest absolute Gasteiger partial charge is 0.254 e. The van der Waals surface area contributed by atoms with Crippen molar-refractivity contribution in [2.45, 2.75) is 11.3 Å². The van der Waals surface area contributed by atoms with Crippen molar-refractivity contribution in [1.82, 2.24) is 9.21 Å². The third kappa shape index (κ3) is 4.57. The van der Waals surface area contributed by atoms with Crippen LogP contribution in [0.4, 0.5) is 0 Å². The van der Waals surface area contributed by atoms with Crippen LogP contribution in [0.2, 0.25) is 0 Å². The Kier molecular flexibility index (Phi) is 6.35. The number of amides is 1. The third-order valence-corrected chi connectivity index (χ3v) is 7.55. The van der Waals surface area contributed by atoms with Crippen molar-refractivity contribution in [3.63, 3.8) is 0 Å². The highest BCUT2D eigenvalue weighted by Gasteiger charge is 2.31. The van der Waals surface area contributed by atoms with Crippen molar-refractivity contribution in [2.75, 3.05) is 26.2 Å². The van der Waals surface area contributed by atoms with Gasteiger partial charge in [-0.2, -0.15) is 9.57 Å². The minimum absolute atomic E-state index is 0.0769. The first-order valence-corrected chi connectivity index (χ1v) is 11.8. The van der Waals surface area contributed by atoms with Crippen molar-refractivity contribution in [1.29, 1.82) is 5.26 Å². The molecule has 0 saturated carbocycles. The lowest BCUT2D eigenvalue weighted by Crippen LogP contribution is -2.50. The van der Waals surface area contributed by atoms with Gasteiger partial charge in [0.05, 0.1) is 16.5 Å². The third-order valence-electron chi connectivity index (χ3n) is 5.63. The zero-order valence-electron chi connectivity index (χ0n) is 17.5. The topological polar surface area (TPSA) is 81.5 Å². The van der Waals surface area contributed by atoms with Crippen molar-refractivity contribution in [2.24, 2.45) is 0 Å². The average molecular weight is 446 g/mol. The van der Waals surface area contributed by atoms with E-state index in [1.54, 1.807) is 4.90 Å². The summed E-state index contributed by atoms with van der Waals surface area (Å²) in [6.45, 7) is 1.12. The van der Waals surface area contributed by atoms with Gasteiger partial charge in [0.1, 0.15) is 0 Å².